The van der Waals surface area contributed by atoms with Gasteiger partial charge in [-0.1, -0.05) is 0 Å². The second-order valence-corrected chi connectivity index (χ2v) is 3.48. The Balaban J connectivity index is 2.64. The van der Waals surface area contributed by atoms with Crippen LogP contribution in [0, 0.1) is 0 Å². The summed E-state index contributed by atoms with van der Waals surface area (Å²) in [5.41, 5.74) is 1.10. The van der Waals surface area contributed by atoms with Gasteiger partial charge in [0.1, 0.15) is 0 Å². The maximum atomic E-state index is 9.12. The van der Waals surface area contributed by atoms with E-state index in [1.54, 1.807) is 6.92 Å². The van der Waals surface area contributed by atoms with Crippen LogP contribution in [0.1, 0.15) is 32.4 Å². The highest BCUT2D eigenvalue weighted by Crippen LogP contribution is 2.06. The van der Waals surface area contributed by atoms with E-state index in [0.29, 0.717) is 12.5 Å². The van der Waals surface area contributed by atoms with Crippen LogP contribution < -0.4 is 0 Å². The van der Waals surface area contributed by atoms with Crippen LogP contribution in [0.2, 0.25) is 0 Å². The maximum Gasteiger partial charge on any atom is 0.0553 e. The molecule has 1 aromatic rings. The molecule has 0 saturated carbocycles. The zero-order valence-corrected chi connectivity index (χ0v) is 7.86. The first kappa shape index (κ1) is 9.26. The van der Waals surface area contributed by atoms with Gasteiger partial charge in [-0.3, -0.25) is 4.68 Å². The van der Waals surface area contributed by atoms with E-state index in [-0.39, 0.29) is 6.10 Å². The molecule has 1 rings (SSSR count). The topological polar surface area (TPSA) is 38.0 Å². The van der Waals surface area contributed by atoms with Crippen molar-refractivity contribution >= 4 is 0 Å². The predicted octanol–water partition coefficient (Wildman–Crippen LogP) is 1.39. The van der Waals surface area contributed by atoms with Crippen molar-refractivity contribution in [3.63, 3.8) is 0 Å². The zero-order chi connectivity index (χ0) is 9.14. The first-order valence-electron chi connectivity index (χ1n) is 4.30. The Morgan fingerprint density at radius 3 is 2.58 bits per heavy atom. The zero-order valence-electron chi connectivity index (χ0n) is 7.86. The summed E-state index contributed by atoms with van der Waals surface area (Å²) in [4.78, 5) is 0. The van der Waals surface area contributed by atoms with Crippen molar-refractivity contribution in [2.45, 2.75) is 39.3 Å². The van der Waals surface area contributed by atoms with Crippen molar-refractivity contribution in [1.82, 2.24) is 9.78 Å². The lowest BCUT2D eigenvalue weighted by Crippen LogP contribution is -2.03. The molecule has 68 valence electrons. The minimum Gasteiger partial charge on any atom is -0.393 e. The molecular weight excluding hydrogens is 152 g/mol. The summed E-state index contributed by atoms with van der Waals surface area (Å²) in [6.45, 7) is 5.95. The Bertz CT molecular complexity index is 240. The monoisotopic (exact) mass is 168 g/mol. The van der Waals surface area contributed by atoms with E-state index in [9.17, 15) is 0 Å². The van der Waals surface area contributed by atoms with Gasteiger partial charge in [0.2, 0.25) is 0 Å². The molecule has 1 N–H and O–H groups in total. The minimum atomic E-state index is -0.283. The highest BCUT2D eigenvalue weighted by molar-refractivity contribution is 5.05. The van der Waals surface area contributed by atoms with Crippen molar-refractivity contribution in [3.8, 4) is 0 Å². The van der Waals surface area contributed by atoms with Gasteiger partial charge in [0.25, 0.3) is 0 Å². The Morgan fingerprint density at radius 1 is 1.50 bits per heavy atom. The number of aliphatic hydroxyl groups is 1. The molecule has 0 saturated heterocycles. The molecule has 0 aliphatic heterocycles. The lowest BCUT2D eigenvalue weighted by molar-refractivity contribution is 0.195. The quantitative estimate of drug-likeness (QED) is 0.740. The van der Waals surface area contributed by atoms with E-state index in [1.807, 2.05) is 17.1 Å². The molecule has 0 fully saturated rings. The molecule has 0 unspecified atom stereocenters. The predicted molar refractivity (Wildman–Crippen MR) is 48.0 cm³/mol. The number of aliphatic hydroxyl groups excluding tert-OH is 1. The third-order valence-electron chi connectivity index (χ3n) is 1.72. The molecule has 1 atom stereocenters. The van der Waals surface area contributed by atoms with Crippen molar-refractivity contribution in [2.24, 2.45) is 0 Å². The van der Waals surface area contributed by atoms with Gasteiger partial charge in [-0.05, 0) is 26.3 Å². The molecule has 3 nitrogen and oxygen atoms in total. The smallest absolute Gasteiger partial charge is 0.0553 e. The fraction of sp³-hybridized carbons (Fsp3) is 0.667. The third-order valence-corrected chi connectivity index (χ3v) is 1.72. The van der Waals surface area contributed by atoms with E-state index in [4.69, 9.17) is 5.11 Å². The second-order valence-electron chi connectivity index (χ2n) is 3.48. The summed E-state index contributed by atoms with van der Waals surface area (Å²) in [7, 11) is 0. The van der Waals surface area contributed by atoms with Crippen molar-refractivity contribution in [3.05, 3.63) is 18.0 Å². The standard InChI is InChI=1S/C9H16N2O/c1-7(2)11-6-9(5-10-11)4-8(3)12/h5-8,12H,4H2,1-3H3/t8-/m1/s1. The van der Waals surface area contributed by atoms with E-state index in [2.05, 4.69) is 18.9 Å². The molecule has 3 heteroatoms. The lowest BCUT2D eigenvalue weighted by atomic mass is 10.2. The highest BCUT2D eigenvalue weighted by Gasteiger charge is 2.03. The van der Waals surface area contributed by atoms with Gasteiger partial charge in [-0.25, -0.2) is 0 Å². The van der Waals surface area contributed by atoms with Gasteiger partial charge in [-0.2, -0.15) is 5.10 Å². The maximum absolute atomic E-state index is 9.12. The summed E-state index contributed by atoms with van der Waals surface area (Å²) in [6, 6.07) is 0.396. The normalized spacial score (nSPS) is 13.8. The van der Waals surface area contributed by atoms with Crippen molar-refractivity contribution in [1.29, 1.82) is 0 Å². The fourth-order valence-corrected chi connectivity index (χ4v) is 1.11. The van der Waals surface area contributed by atoms with Gasteiger partial charge < -0.3 is 5.11 Å². The van der Waals surface area contributed by atoms with E-state index < -0.39 is 0 Å². The van der Waals surface area contributed by atoms with Gasteiger partial charge in [0.05, 0.1) is 12.3 Å². The van der Waals surface area contributed by atoms with Crippen LogP contribution in [0.25, 0.3) is 0 Å². The number of rotatable bonds is 3. The summed E-state index contributed by atoms with van der Waals surface area (Å²) in [5, 5.41) is 13.3. The summed E-state index contributed by atoms with van der Waals surface area (Å²) in [5.74, 6) is 0. The lowest BCUT2D eigenvalue weighted by Gasteiger charge is -2.03. The minimum absolute atomic E-state index is 0.283. The first-order chi connectivity index (χ1) is 5.59. The number of nitrogens with zero attached hydrogens (tertiary/aromatic N) is 2. The molecule has 0 aliphatic carbocycles. The molecule has 0 aliphatic rings. The van der Waals surface area contributed by atoms with E-state index in [1.165, 1.54) is 0 Å². The van der Waals surface area contributed by atoms with Crippen molar-refractivity contribution < 1.29 is 5.11 Å². The van der Waals surface area contributed by atoms with Crippen LogP contribution in [-0.4, -0.2) is 21.0 Å². The van der Waals surface area contributed by atoms with Gasteiger partial charge in [0, 0.05) is 18.7 Å². The van der Waals surface area contributed by atoms with Gasteiger partial charge >= 0.3 is 0 Å². The Morgan fingerprint density at radius 2 is 2.17 bits per heavy atom. The second kappa shape index (κ2) is 3.72. The summed E-state index contributed by atoms with van der Waals surface area (Å²) >= 11 is 0. The van der Waals surface area contributed by atoms with Crippen LogP contribution in [0.4, 0.5) is 0 Å². The van der Waals surface area contributed by atoms with Crippen molar-refractivity contribution in [2.75, 3.05) is 0 Å². The van der Waals surface area contributed by atoms with E-state index >= 15 is 0 Å². The third kappa shape index (κ3) is 2.34. The van der Waals surface area contributed by atoms with E-state index in [0.717, 1.165) is 5.56 Å². The molecular formula is C9H16N2O. The Labute approximate surface area is 73.0 Å². The Hall–Kier alpha value is -0.830. The SMILES string of the molecule is CC(C)n1cc(C[C@@H](C)O)cn1. The summed E-state index contributed by atoms with van der Waals surface area (Å²) in [6.07, 6.45) is 4.20. The molecule has 0 bridgehead atoms. The molecule has 0 aromatic carbocycles. The molecule has 1 aromatic heterocycles. The molecule has 1 heterocycles. The number of hydrogen-bond donors (Lipinski definition) is 1. The average molecular weight is 168 g/mol. The van der Waals surface area contributed by atoms with Gasteiger partial charge in [0.15, 0.2) is 0 Å². The first-order valence-corrected chi connectivity index (χ1v) is 4.30. The molecule has 12 heavy (non-hydrogen) atoms. The van der Waals surface area contributed by atoms with Crippen LogP contribution in [0.3, 0.4) is 0 Å². The average Bonchev–Trinajstić information content (AvgIpc) is 2.34. The highest BCUT2D eigenvalue weighted by atomic mass is 16.3. The molecule has 0 spiro atoms. The Kier molecular flexibility index (Phi) is 2.87. The largest absolute Gasteiger partial charge is 0.393 e. The van der Waals surface area contributed by atoms with Crippen LogP contribution in [0.15, 0.2) is 12.4 Å². The van der Waals surface area contributed by atoms with Gasteiger partial charge in [-0.15, -0.1) is 0 Å². The van der Waals surface area contributed by atoms with Crippen LogP contribution in [-0.2, 0) is 6.42 Å². The molecule has 0 radical (unpaired) electrons. The number of aromatic nitrogens is 2. The molecule has 0 amide bonds. The van der Waals surface area contributed by atoms with Crippen LogP contribution in [0.5, 0.6) is 0 Å². The summed E-state index contributed by atoms with van der Waals surface area (Å²) < 4.78 is 1.90. The van der Waals surface area contributed by atoms with Crippen LogP contribution >= 0.6 is 0 Å². The number of hydrogen-bond acceptors (Lipinski definition) is 2. The fourth-order valence-electron chi connectivity index (χ4n) is 1.11.